The molecule has 2 aromatic carbocycles. The molecule has 0 spiro atoms. The van der Waals surface area contributed by atoms with Gasteiger partial charge in [-0.1, -0.05) is 132 Å². The van der Waals surface area contributed by atoms with Crippen LogP contribution in [0.3, 0.4) is 0 Å². The highest BCUT2D eigenvalue weighted by molar-refractivity contribution is 6.25. The summed E-state index contributed by atoms with van der Waals surface area (Å²) in [5.41, 5.74) is 5.06. The van der Waals surface area contributed by atoms with Crippen molar-refractivity contribution in [1.82, 2.24) is 9.80 Å². The summed E-state index contributed by atoms with van der Waals surface area (Å²) in [5, 5.41) is 0. The summed E-state index contributed by atoms with van der Waals surface area (Å²) in [6.07, 6.45) is 25.0. The predicted octanol–water partition coefficient (Wildman–Crippen LogP) is 8.60. The largest absolute Gasteiger partial charge is 0.289 e. The van der Waals surface area contributed by atoms with Crippen LogP contribution in [0, 0.1) is 0 Å². The van der Waals surface area contributed by atoms with Gasteiger partial charge in [0.05, 0.1) is 0 Å². The Morgan fingerprint density at radius 2 is 1.05 bits per heavy atom. The van der Waals surface area contributed by atoms with Crippen LogP contribution in [0.4, 0.5) is 0 Å². The number of carbonyl (C=O) groups is 1. The first kappa shape index (κ1) is 31.5. The molecule has 0 amide bonds. The molecule has 2 atom stereocenters. The Labute approximate surface area is 260 Å². The Balaban J connectivity index is 1.74. The van der Waals surface area contributed by atoms with E-state index in [1.165, 1.54) is 0 Å². The van der Waals surface area contributed by atoms with Crippen LogP contribution in [0.15, 0.2) is 144 Å². The average Bonchev–Trinajstić information content (AvgIpc) is 3.00. The second kappa shape index (κ2) is 14.1. The number of nitrogens with zero attached hydrogens (tertiary/aromatic N) is 2. The maximum absolute atomic E-state index is 14.3. The normalized spacial score (nSPS) is 23.2. The molecule has 42 heavy (non-hydrogen) atoms. The molecule has 3 nitrogen and oxygen atoms in total. The summed E-state index contributed by atoms with van der Waals surface area (Å²) in [4.78, 5) is 17.1. The molecule has 5 heteroatoms. The third-order valence-electron chi connectivity index (χ3n) is 7.48. The number of benzene rings is 2. The summed E-state index contributed by atoms with van der Waals surface area (Å²) in [5.74, 6) is -0.0800. The average molecular weight is 598 g/mol. The number of hydrogen-bond donors (Lipinski definition) is 0. The van der Waals surface area contributed by atoms with Gasteiger partial charge in [0.25, 0.3) is 0 Å². The molecule has 2 unspecified atom stereocenters. The molecule has 2 aliphatic rings. The molecule has 0 bridgehead atoms. The molecule has 0 fully saturated rings. The van der Waals surface area contributed by atoms with Gasteiger partial charge in [-0.05, 0) is 74.8 Å². The third kappa shape index (κ3) is 8.30. The van der Waals surface area contributed by atoms with E-state index in [0.717, 1.165) is 22.3 Å². The van der Waals surface area contributed by atoms with Gasteiger partial charge in [0.1, 0.15) is 10.00 Å². The number of allylic oxidation sites excluding steroid dienone is 10. The van der Waals surface area contributed by atoms with Gasteiger partial charge in [0.2, 0.25) is 0 Å². The van der Waals surface area contributed by atoms with Crippen molar-refractivity contribution in [2.75, 3.05) is 28.2 Å². The zero-order valence-corrected chi connectivity index (χ0v) is 26.2. The number of hydrogen-bond acceptors (Lipinski definition) is 3. The Morgan fingerprint density at radius 3 is 1.36 bits per heavy atom. The van der Waals surface area contributed by atoms with Gasteiger partial charge in [-0.3, -0.25) is 14.6 Å². The smallest absolute Gasteiger partial charge is 0.193 e. The fourth-order valence-corrected chi connectivity index (χ4v) is 4.80. The standard InChI is InChI=1S/C37H38Cl2N2O/c1-40(2)36(38)23-19-31(20-24-36)27-33(17-15-29-11-7-5-8-12-29)35(42)34(18-16-30-13-9-6-10-14-30)28-32-21-25-37(39,26-22-32)41(3)4/h5-23,25,27-28H,24,26H2,1-4H3. The zero-order chi connectivity index (χ0) is 30.2. The lowest BCUT2D eigenvalue weighted by atomic mass is 9.93. The maximum Gasteiger partial charge on any atom is 0.193 e. The Bertz CT molecular complexity index is 1390. The Hall–Kier alpha value is -3.47. The maximum atomic E-state index is 14.3. The van der Waals surface area contributed by atoms with E-state index in [9.17, 15) is 4.79 Å². The minimum atomic E-state index is -0.575. The van der Waals surface area contributed by atoms with E-state index < -0.39 is 10.00 Å². The molecule has 0 radical (unpaired) electrons. The number of carbonyl (C=O) groups excluding carboxylic acids is 1. The number of rotatable bonds is 10. The second-order valence-electron chi connectivity index (χ2n) is 10.9. The van der Waals surface area contributed by atoms with E-state index in [1.54, 1.807) is 0 Å². The molecule has 0 N–H and O–H groups in total. The molecular formula is C37H38Cl2N2O. The van der Waals surface area contributed by atoms with Crippen molar-refractivity contribution < 1.29 is 4.79 Å². The Kier molecular flexibility index (Phi) is 10.6. The lowest BCUT2D eigenvalue weighted by Crippen LogP contribution is -2.37. The van der Waals surface area contributed by atoms with Crippen molar-refractivity contribution >= 4 is 41.1 Å². The second-order valence-corrected chi connectivity index (χ2v) is 12.2. The molecule has 2 aliphatic carbocycles. The minimum Gasteiger partial charge on any atom is -0.289 e. The van der Waals surface area contributed by atoms with Crippen LogP contribution in [0.5, 0.6) is 0 Å². The fourth-order valence-electron chi connectivity index (χ4n) is 4.52. The van der Waals surface area contributed by atoms with Crippen molar-refractivity contribution in [3.63, 3.8) is 0 Å². The van der Waals surface area contributed by atoms with E-state index in [4.69, 9.17) is 23.2 Å². The first-order valence-electron chi connectivity index (χ1n) is 14.0. The van der Waals surface area contributed by atoms with Crippen LogP contribution in [-0.4, -0.2) is 53.8 Å². The lowest BCUT2D eigenvalue weighted by Gasteiger charge is -2.32. The van der Waals surface area contributed by atoms with Crippen molar-refractivity contribution in [1.29, 1.82) is 0 Å². The van der Waals surface area contributed by atoms with Crippen LogP contribution < -0.4 is 0 Å². The molecule has 0 saturated heterocycles. The number of Topliss-reactive ketones (excluding diaryl/α,β-unsaturated/α-hetero) is 1. The van der Waals surface area contributed by atoms with E-state index in [-0.39, 0.29) is 5.78 Å². The van der Waals surface area contributed by atoms with E-state index in [0.29, 0.717) is 24.0 Å². The molecule has 0 aromatic heterocycles. The summed E-state index contributed by atoms with van der Waals surface area (Å²) in [6.45, 7) is 0. The van der Waals surface area contributed by atoms with Crippen LogP contribution in [0.25, 0.3) is 12.2 Å². The van der Waals surface area contributed by atoms with Gasteiger partial charge in [-0.15, -0.1) is 0 Å². The minimum absolute atomic E-state index is 0.0800. The number of ketones is 1. The van der Waals surface area contributed by atoms with Gasteiger partial charge in [0.15, 0.2) is 5.78 Å². The Morgan fingerprint density at radius 1 is 0.667 bits per heavy atom. The molecule has 0 saturated carbocycles. The predicted molar refractivity (Wildman–Crippen MR) is 180 cm³/mol. The third-order valence-corrected chi connectivity index (χ3v) is 8.71. The topological polar surface area (TPSA) is 23.6 Å². The number of alkyl halides is 2. The van der Waals surface area contributed by atoms with Crippen LogP contribution >= 0.6 is 23.2 Å². The fraction of sp³-hybridized carbons (Fsp3) is 0.216. The molecule has 4 rings (SSSR count). The molecule has 0 aliphatic heterocycles. The van der Waals surface area contributed by atoms with E-state index in [2.05, 4.69) is 12.2 Å². The van der Waals surface area contributed by atoms with Crippen LogP contribution in [-0.2, 0) is 4.79 Å². The molecule has 216 valence electrons. The lowest BCUT2D eigenvalue weighted by molar-refractivity contribution is -0.111. The van der Waals surface area contributed by atoms with Gasteiger partial charge in [-0.25, -0.2) is 0 Å². The molecule has 2 aromatic rings. The molecule has 0 heterocycles. The quantitative estimate of drug-likeness (QED) is 0.119. The van der Waals surface area contributed by atoms with Crippen LogP contribution in [0.2, 0.25) is 0 Å². The van der Waals surface area contributed by atoms with Gasteiger partial charge < -0.3 is 0 Å². The van der Waals surface area contributed by atoms with Gasteiger partial charge in [-0.2, -0.15) is 0 Å². The van der Waals surface area contributed by atoms with Gasteiger partial charge >= 0.3 is 0 Å². The van der Waals surface area contributed by atoms with E-state index in [1.807, 2.05) is 159 Å². The first-order valence-corrected chi connectivity index (χ1v) is 14.8. The van der Waals surface area contributed by atoms with Crippen LogP contribution in [0.1, 0.15) is 24.0 Å². The van der Waals surface area contributed by atoms with Crippen molar-refractivity contribution in [2.24, 2.45) is 0 Å². The highest BCUT2D eigenvalue weighted by Gasteiger charge is 2.28. The number of likely N-dealkylation sites (N-methyl/N-ethyl adjacent to an activating group) is 2. The summed E-state index contributed by atoms with van der Waals surface area (Å²) >= 11 is 13.5. The summed E-state index contributed by atoms with van der Waals surface area (Å²) in [7, 11) is 7.84. The van der Waals surface area contributed by atoms with E-state index >= 15 is 0 Å². The molecular weight excluding hydrogens is 559 g/mol. The number of halogens is 2. The van der Waals surface area contributed by atoms with Crippen molar-refractivity contribution in [2.45, 2.75) is 22.8 Å². The summed E-state index contributed by atoms with van der Waals surface area (Å²) in [6, 6.07) is 20.0. The van der Waals surface area contributed by atoms with Gasteiger partial charge in [0, 0.05) is 24.0 Å². The first-order chi connectivity index (χ1) is 20.1. The SMILES string of the molecule is CN(C)C1(Cl)C=CC(C=C(C=Cc2ccccc2)C(=O)C(C=Cc2ccccc2)=CC2=CCC(Cl)(N(C)C)C=C2)=CC1. The highest BCUT2D eigenvalue weighted by atomic mass is 35.5. The van der Waals surface area contributed by atoms with Crippen molar-refractivity contribution in [3.05, 3.63) is 155 Å². The zero-order valence-electron chi connectivity index (χ0n) is 24.7. The van der Waals surface area contributed by atoms with Crippen molar-refractivity contribution in [3.8, 4) is 0 Å². The monoisotopic (exact) mass is 596 g/mol. The highest BCUT2D eigenvalue weighted by Crippen LogP contribution is 2.32. The summed E-state index contributed by atoms with van der Waals surface area (Å²) < 4.78 is 0.